The molecule has 13 heavy (non-hydrogen) atoms. The van der Waals surface area contributed by atoms with Gasteiger partial charge in [-0.1, -0.05) is 0 Å². The molecule has 0 radical (unpaired) electrons. The van der Waals surface area contributed by atoms with Crippen molar-refractivity contribution in [1.29, 1.82) is 0 Å². The molecule has 0 bridgehead atoms. The normalized spacial score (nSPS) is 11.8. The Labute approximate surface area is 76.6 Å². The molecule has 0 unspecified atom stereocenters. The van der Waals surface area contributed by atoms with Gasteiger partial charge in [0.05, 0.1) is 0 Å². The molecule has 0 fully saturated rings. The van der Waals surface area contributed by atoms with E-state index in [9.17, 15) is 8.78 Å². The van der Waals surface area contributed by atoms with Crippen LogP contribution in [0.15, 0.2) is 12.1 Å². The van der Waals surface area contributed by atoms with Gasteiger partial charge in [-0.15, -0.1) is 0 Å². The van der Waals surface area contributed by atoms with E-state index >= 15 is 0 Å². The Morgan fingerprint density at radius 3 is 2.23 bits per heavy atom. The Hall–Kier alpha value is -0.960. The molecule has 0 saturated heterocycles. The number of benzene rings is 1. The predicted molar refractivity (Wildman–Crippen MR) is 48.3 cm³/mol. The third kappa shape index (κ3) is 2.04. The smallest absolute Gasteiger partial charge is 0.129 e. The van der Waals surface area contributed by atoms with Crippen molar-refractivity contribution in [2.45, 2.75) is 26.3 Å². The lowest BCUT2D eigenvalue weighted by atomic mass is 9.91. The highest BCUT2D eigenvalue weighted by atomic mass is 19.1. The summed E-state index contributed by atoms with van der Waals surface area (Å²) in [4.78, 5) is 0. The van der Waals surface area contributed by atoms with Crippen LogP contribution >= 0.6 is 0 Å². The van der Waals surface area contributed by atoms with Crippen molar-refractivity contribution in [2.75, 3.05) is 0 Å². The molecule has 1 rings (SSSR count). The van der Waals surface area contributed by atoms with E-state index in [-0.39, 0.29) is 0 Å². The molecule has 72 valence electrons. The highest BCUT2D eigenvalue weighted by Crippen LogP contribution is 2.23. The minimum atomic E-state index is -0.715. The summed E-state index contributed by atoms with van der Waals surface area (Å²) >= 11 is 0. The molecule has 3 heteroatoms. The molecule has 2 N–H and O–H groups in total. The molecule has 0 aromatic heterocycles. The molecule has 1 nitrogen and oxygen atoms in total. The fraction of sp³-hybridized carbons (Fsp3) is 0.400. The van der Waals surface area contributed by atoms with E-state index in [0.29, 0.717) is 11.1 Å². The maximum atomic E-state index is 13.1. The van der Waals surface area contributed by atoms with Crippen molar-refractivity contribution in [3.05, 3.63) is 34.9 Å². The van der Waals surface area contributed by atoms with Gasteiger partial charge in [0.1, 0.15) is 11.6 Å². The van der Waals surface area contributed by atoms with E-state index < -0.39 is 17.2 Å². The highest BCUT2D eigenvalue weighted by Gasteiger charge is 2.19. The van der Waals surface area contributed by atoms with Crippen molar-refractivity contribution in [2.24, 2.45) is 5.73 Å². The first-order valence-electron chi connectivity index (χ1n) is 4.07. The zero-order chi connectivity index (χ0) is 10.2. The zero-order valence-corrected chi connectivity index (χ0v) is 7.99. The van der Waals surface area contributed by atoms with E-state index in [1.165, 1.54) is 6.07 Å². The van der Waals surface area contributed by atoms with E-state index in [1.807, 2.05) is 0 Å². The molecule has 0 heterocycles. The third-order valence-electron chi connectivity index (χ3n) is 2.00. The average Bonchev–Trinajstić information content (AvgIpc) is 1.94. The molecule has 0 aliphatic heterocycles. The summed E-state index contributed by atoms with van der Waals surface area (Å²) in [5.41, 5.74) is 5.96. The lowest BCUT2D eigenvalue weighted by Gasteiger charge is -2.21. The Balaban J connectivity index is 3.37. The molecule has 0 aliphatic rings. The average molecular weight is 185 g/mol. The van der Waals surface area contributed by atoms with Crippen LogP contribution in [-0.2, 0) is 5.54 Å². The fourth-order valence-corrected chi connectivity index (χ4v) is 1.32. The summed E-state index contributed by atoms with van der Waals surface area (Å²) in [6.07, 6.45) is 0. The topological polar surface area (TPSA) is 26.0 Å². The molecule has 0 amide bonds. The van der Waals surface area contributed by atoms with Gasteiger partial charge in [-0.05, 0) is 38.0 Å². The van der Waals surface area contributed by atoms with Gasteiger partial charge in [-0.2, -0.15) is 0 Å². The molecule has 1 aromatic carbocycles. The third-order valence-corrected chi connectivity index (χ3v) is 2.00. The Morgan fingerprint density at radius 2 is 1.77 bits per heavy atom. The quantitative estimate of drug-likeness (QED) is 0.714. The first-order valence-corrected chi connectivity index (χ1v) is 4.07. The Morgan fingerprint density at radius 1 is 1.23 bits per heavy atom. The second-order valence-electron chi connectivity index (χ2n) is 3.78. The molecular weight excluding hydrogens is 172 g/mol. The maximum Gasteiger partial charge on any atom is 0.129 e. The molecular formula is C10H13F2N. The van der Waals surface area contributed by atoms with E-state index in [0.717, 1.165) is 6.07 Å². The second kappa shape index (κ2) is 3.07. The first kappa shape index (κ1) is 10.1. The predicted octanol–water partition coefficient (Wildman–Crippen LogP) is 2.47. The van der Waals surface area contributed by atoms with Gasteiger partial charge >= 0.3 is 0 Å². The van der Waals surface area contributed by atoms with Gasteiger partial charge < -0.3 is 5.73 Å². The largest absolute Gasteiger partial charge is 0.322 e. The summed E-state index contributed by atoms with van der Waals surface area (Å²) in [6, 6.07) is 2.14. The lowest BCUT2D eigenvalue weighted by Crippen LogP contribution is -2.30. The molecule has 0 aliphatic carbocycles. The van der Waals surface area contributed by atoms with Crippen LogP contribution in [0.5, 0.6) is 0 Å². The number of hydrogen-bond acceptors (Lipinski definition) is 1. The van der Waals surface area contributed by atoms with Crippen LogP contribution in [0.1, 0.15) is 25.0 Å². The molecule has 0 spiro atoms. The van der Waals surface area contributed by atoms with Gasteiger partial charge in [-0.3, -0.25) is 0 Å². The van der Waals surface area contributed by atoms with E-state index in [1.54, 1.807) is 20.8 Å². The highest BCUT2D eigenvalue weighted by molar-refractivity contribution is 5.33. The summed E-state index contributed by atoms with van der Waals surface area (Å²) in [6.45, 7) is 5.03. The van der Waals surface area contributed by atoms with Gasteiger partial charge in [0, 0.05) is 11.6 Å². The number of rotatable bonds is 1. The minimum Gasteiger partial charge on any atom is -0.322 e. The van der Waals surface area contributed by atoms with Crippen molar-refractivity contribution >= 4 is 0 Å². The molecule has 0 atom stereocenters. The summed E-state index contributed by atoms with van der Waals surface area (Å²) in [5, 5.41) is 0. The van der Waals surface area contributed by atoms with Crippen LogP contribution in [0.25, 0.3) is 0 Å². The van der Waals surface area contributed by atoms with Gasteiger partial charge in [-0.25, -0.2) is 8.78 Å². The van der Waals surface area contributed by atoms with Gasteiger partial charge in [0.15, 0.2) is 0 Å². The van der Waals surface area contributed by atoms with Crippen LogP contribution in [0.3, 0.4) is 0 Å². The van der Waals surface area contributed by atoms with Crippen molar-refractivity contribution in [3.63, 3.8) is 0 Å². The van der Waals surface area contributed by atoms with Crippen molar-refractivity contribution < 1.29 is 8.78 Å². The first-order chi connectivity index (χ1) is 5.82. The standard InChI is InChI=1S/C10H13F2N/c1-6-8(10(2,3)13)4-7(11)5-9(6)12/h4-5H,13H2,1-3H3. The summed E-state index contributed by atoms with van der Waals surface area (Å²) in [5.74, 6) is -1.13. The maximum absolute atomic E-state index is 13.1. The van der Waals surface area contributed by atoms with E-state index in [2.05, 4.69) is 0 Å². The molecule has 1 aromatic rings. The van der Waals surface area contributed by atoms with Gasteiger partial charge in [0.25, 0.3) is 0 Å². The van der Waals surface area contributed by atoms with Crippen LogP contribution in [0, 0.1) is 18.6 Å². The summed E-state index contributed by atoms with van der Waals surface area (Å²) in [7, 11) is 0. The monoisotopic (exact) mass is 185 g/mol. The second-order valence-corrected chi connectivity index (χ2v) is 3.78. The lowest BCUT2D eigenvalue weighted by molar-refractivity contribution is 0.518. The summed E-state index contributed by atoms with van der Waals surface area (Å²) < 4.78 is 25.9. The van der Waals surface area contributed by atoms with Gasteiger partial charge in [0.2, 0.25) is 0 Å². The van der Waals surface area contributed by atoms with Crippen LogP contribution in [0.2, 0.25) is 0 Å². The van der Waals surface area contributed by atoms with Crippen molar-refractivity contribution in [1.82, 2.24) is 0 Å². The van der Waals surface area contributed by atoms with Crippen LogP contribution in [-0.4, -0.2) is 0 Å². The number of nitrogens with two attached hydrogens (primary N) is 1. The Kier molecular flexibility index (Phi) is 2.39. The van der Waals surface area contributed by atoms with Crippen molar-refractivity contribution in [3.8, 4) is 0 Å². The van der Waals surface area contributed by atoms with E-state index in [4.69, 9.17) is 5.73 Å². The minimum absolute atomic E-state index is 0.411. The van der Waals surface area contributed by atoms with Crippen LogP contribution in [0.4, 0.5) is 8.78 Å². The Bertz CT molecular complexity index is 326. The number of hydrogen-bond donors (Lipinski definition) is 1. The molecule has 0 saturated carbocycles. The number of halogens is 2. The fourth-order valence-electron chi connectivity index (χ4n) is 1.32. The van der Waals surface area contributed by atoms with Crippen LogP contribution < -0.4 is 5.73 Å². The zero-order valence-electron chi connectivity index (χ0n) is 7.99. The SMILES string of the molecule is Cc1c(F)cc(F)cc1C(C)(C)N.